The van der Waals surface area contributed by atoms with Gasteiger partial charge in [0.15, 0.2) is 5.60 Å². The normalized spacial score (nSPS) is 27.7. The molecule has 96 valence electrons. The number of fused-ring (bicyclic) bond motifs is 4. The molecule has 2 heterocycles. The van der Waals surface area contributed by atoms with Gasteiger partial charge in [0, 0.05) is 12.0 Å². The highest BCUT2D eigenvalue weighted by Gasteiger charge is 2.48. The van der Waals surface area contributed by atoms with Crippen LogP contribution in [0, 0.1) is 6.92 Å². The third-order valence-corrected chi connectivity index (χ3v) is 4.15. The summed E-state index contributed by atoms with van der Waals surface area (Å²) < 4.78 is 12.3. The molecular formula is C17H16O2. The summed E-state index contributed by atoms with van der Waals surface area (Å²) in [6.07, 6.45) is 1.08. The van der Waals surface area contributed by atoms with Crippen LogP contribution in [0.15, 0.2) is 48.5 Å². The van der Waals surface area contributed by atoms with Crippen molar-refractivity contribution in [1.29, 1.82) is 0 Å². The van der Waals surface area contributed by atoms with Crippen molar-refractivity contribution in [3.05, 3.63) is 65.2 Å². The maximum atomic E-state index is 6.35. The van der Waals surface area contributed by atoms with E-state index in [0.717, 1.165) is 12.2 Å². The van der Waals surface area contributed by atoms with E-state index >= 15 is 0 Å². The van der Waals surface area contributed by atoms with Crippen LogP contribution in [-0.2, 0) is 10.3 Å². The molecule has 2 heteroatoms. The van der Waals surface area contributed by atoms with Crippen LogP contribution in [0.4, 0.5) is 0 Å². The van der Waals surface area contributed by atoms with Gasteiger partial charge in [-0.1, -0.05) is 42.5 Å². The molecule has 19 heavy (non-hydrogen) atoms. The van der Waals surface area contributed by atoms with E-state index in [-0.39, 0.29) is 11.7 Å². The Labute approximate surface area is 113 Å². The van der Waals surface area contributed by atoms with Crippen molar-refractivity contribution in [2.75, 3.05) is 6.61 Å². The van der Waals surface area contributed by atoms with Crippen LogP contribution in [0.1, 0.15) is 29.2 Å². The lowest BCUT2D eigenvalue weighted by molar-refractivity contribution is 0.0518. The van der Waals surface area contributed by atoms with Crippen molar-refractivity contribution in [2.45, 2.75) is 25.0 Å². The Morgan fingerprint density at radius 3 is 2.79 bits per heavy atom. The molecule has 0 spiro atoms. The van der Waals surface area contributed by atoms with Crippen LogP contribution in [0.25, 0.3) is 0 Å². The number of ether oxygens (including phenoxy) is 2. The van der Waals surface area contributed by atoms with Crippen molar-refractivity contribution >= 4 is 0 Å². The second kappa shape index (κ2) is 3.84. The van der Waals surface area contributed by atoms with E-state index in [1.54, 1.807) is 0 Å². The van der Waals surface area contributed by atoms with Gasteiger partial charge in [0.1, 0.15) is 5.75 Å². The quantitative estimate of drug-likeness (QED) is 0.769. The average Bonchev–Trinajstić information content (AvgIpc) is 2.79. The zero-order chi connectivity index (χ0) is 12.9. The van der Waals surface area contributed by atoms with Gasteiger partial charge in [-0.25, -0.2) is 0 Å². The first-order valence-electron chi connectivity index (χ1n) is 6.74. The van der Waals surface area contributed by atoms with Crippen LogP contribution < -0.4 is 4.74 Å². The zero-order valence-electron chi connectivity index (χ0n) is 10.9. The van der Waals surface area contributed by atoms with E-state index in [4.69, 9.17) is 9.47 Å². The van der Waals surface area contributed by atoms with Gasteiger partial charge < -0.3 is 9.47 Å². The highest BCUT2D eigenvalue weighted by atomic mass is 16.6. The molecule has 2 aromatic carbocycles. The molecule has 2 aromatic rings. The summed E-state index contributed by atoms with van der Waals surface area (Å²) in [5, 5.41) is 0. The van der Waals surface area contributed by atoms with Crippen molar-refractivity contribution < 1.29 is 9.47 Å². The number of aryl methyl sites for hydroxylation is 1. The molecule has 2 aliphatic heterocycles. The lowest BCUT2D eigenvalue weighted by Crippen LogP contribution is -2.35. The summed E-state index contributed by atoms with van der Waals surface area (Å²) >= 11 is 0. The third-order valence-electron chi connectivity index (χ3n) is 4.15. The van der Waals surface area contributed by atoms with Crippen LogP contribution >= 0.6 is 0 Å². The zero-order valence-corrected chi connectivity index (χ0v) is 10.9. The summed E-state index contributed by atoms with van der Waals surface area (Å²) in [6, 6.07) is 16.8. The standard InChI is InChI=1S/C17H16O2/c1-12-7-8-14-15(9-12)19-17(10-16(14)18-11-17)13-5-3-2-4-6-13/h2-9,16H,10-11H2,1H3/t16-,17-/m0/s1. The fraction of sp³-hybridized carbons (Fsp3) is 0.294. The van der Waals surface area contributed by atoms with Gasteiger partial charge in [-0.05, 0) is 24.1 Å². The second-order valence-electron chi connectivity index (χ2n) is 5.51. The first-order chi connectivity index (χ1) is 9.27. The molecule has 1 fully saturated rings. The van der Waals surface area contributed by atoms with Crippen molar-refractivity contribution in [2.24, 2.45) is 0 Å². The summed E-state index contributed by atoms with van der Waals surface area (Å²) in [5.41, 5.74) is 3.33. The smallest absolute Gasteiger partial charge is 0.160 e. The molecule has 1 saturated heterocycles. The molecule has 0 N–H and O–H groups in total. The summed E-state index contributed by atoms with van der Waals surface area (Å²) in [6.45, 7) is 2.73. The Morgan fingerprint density at radius 2 is 1.95 bits per heavy atom. The highest BCUT2D eigenvalue weighted by Crippen LogP contribution is 2.51. The van der Waals surface area contributed by atoms with Crippen molar-refractivity contribution in [3.63, 3.8) is 0 Å². The van der Waals surface area contributed by atoms with Gasteiger partial charge >= 0.3 is 0 Å². The Kier molecular flexibility index (Phi) is 2.24. The van der Waals surface area contributed by atoms with Gasteiger partial charge in [-0.2, -0.15) is 0 Å². The van der Waals surface area contributed by atoms with Crippen LogP contribution in [0.5, 0.6) is 5.75 Å². The molecular weight excluding hydrogens is 236 g/mol. The van der Waals surface area contributed by atoms with Gasteiger partial charge in [-0.3, -0.25) is 0 Å². The molecule has 2 nitrogen and oxygen atoms in total. The molecule has 0 saturated carbocycles. The van der Waals surface area contributed by atoms with Crippen molar-refractivity contribution in [3.8, 4) is 5.75 Å². The number of hydrogen-bond acceptors (Lipinski definition) is 2. The molecule has 2 aliphatic rings. The van der Waals surface area contributed by atoms with E-state index in [1.807, 2.05) is 6.07 Å². The number of rotatable bonds is 1. The van der Waals surface area contributed by atoms with Crippen molar-refractivity contribution in [1.82, 2.24) is 0 Å². The number of benzene rings is 2. The van der Waals surface area contributed by atoms with Gasteiger partial charge in [0.05, 0.1) is 12.7 Å². The van der Waals surface area contributed by atoms with E-state index in [1.165, 1.54) is 16.7 Å². The summed E-state index contributed by atoms with van der Waals surface area (Å²) in [7, 11) is 0. The Bertz CT molecular complexity index is 620. The fourth-order valence-electron chi connectivity index (χ4n) is 3.13. The van der Waals surface area contributed by atoms with Crippen LogP contribution in [-0.4, -0.2) is 6.61 Å². The molecule has 0 aromatic heterocycles. The van der Waals surface area contributed by atoms with Gasteiger partial charge in [-0.15, -0.1) is 0 Å². The summed E-state index contributed by atoms with van der Waals surface area (Å²) in [4.78, 5) is 0. The van der Waals surface area contributed by atoms with E-state index in [9.17, 15) is 0 Å². The largest absolute Gasteiger partial charge is 0.480 e. The SMILES string of the molecule is Cc1ccc2c(c1)O[C@]1(c3ccccc3)CO[C@H]2C1. The van der Waals surface area contributed by atoms with E-state index in [0.29, 0.717) is 6.61 Å². The maximum Gasteiger partial charge on any atom is 0.160 e. The van der Waals surface area contributed by atoms with Crippen LogP contribution in [0.2, 0.25) is 0 Å². The van der Waals surface area contributed by atoms with Crippen LogP contribution in [0.3, 0.4) is 0 Å². The lowest BCUT2D eigenvalue weighted by Gasteiger charge is -2.34. The van der Waals surface area contributed by atoms with E-state index in [2.05, 4.69) is 49.4 Å². The lowest BCUT2D eigenvalue weighted by atomic mass is 9.86. The highest BCUT2D eigenvalue weighted by molar-refractivity contribution is 5.44. The topological polar surface area (TPSA) is 18.5 Å². The molecule has 4 rings (SSSR count). The Morgan fingerprint density at radius 1 is 1.11 bits per heavy atom. The number of hydrogen-bond donors (Lipinski definition) is 0. The molecule has 0 aliphatic carbocycles. The third kappa shape index (κ3) is 1.60. The predicted octanol–water partition coefficient (Wildman–Crippen LogP) is 3.74. The molecule has 2 atom stereocenters. The minimum Gasteiger partial charge on any atom is -0.480 e. The first-order valence-corrected chi connectivity index (χ1v) is 6.74. The Hall–Kier alpha value is -1.80. The minimum absolute atomic E-state index is 0.171. The first kappa shape index (κ1) is 11.1. The molecule has 2 bridgehead atoms. The molecule has 0 amide bonds. The van der Waals surface area contributed by atoms with Gasteiger partial charge in [0.2, 0.25) is 0 Å². The maximum absolute atomic E-state index is 6.35. The predicted molar refractivity (Wildman–Crippen MR) is 73.2 cm³/mol. The van der Waals surface area contributed by atoms with Gasteiger partial charge in [0.25, 0.3) is 0 Å². The summed E-state index contributed by atoms with van der Waals surface area (Å²) in [5.74, 6) is 0.984. The minimum atomic E-state index is -0.299. The second-order valence-corrected chi connectivity index (χ2v) is 5.51. The fourth-order valence-corrected chi connectivity index (χ4v) is 3.13. The molecule has 0 unspecified atom stereocenters. The monoisotopic (exact) mass is 252 g/mol. The van der Waals surface area contributed by atoms with E-state index < -0.39 is 0 Å². The molecule has 0 radical (unpaired) electrons. The Balaban J connectivity index is 1.83. The average molecular weight is 252 g/mol.